The third-order valence-corrected chi connectivity index (χ3v) is 4.82. The summed E-state index contributed by atoms with van der Waals surface area (Å²) < 4.78 is 0. The van der Waals surface area contributed by atoms with Crippen molar-refractivity contribution in [1.82, 2.24) is 9.97 Å². The van der Waals surface area contributed by atoms with Crippen molar-refractivity contribution in [2.45, 2.75) is 51.4 Å². The van der Waals surface area contributed by atoms with Crippen molar-refractivity contribution in [3.05, 3.63) is 42.2 Å². The second kappa shape index (κ2) is 6.91. The van der Waals surface area contributed by atoms with E-state index in [1.54, 1.807) is 0 Å². The summed E-state index contributed by atoms with van der Waals surface area (Å²) in [5.74, 6) is 2.43. The molecule has 3 rings (SSSR count). The largest absolute Gasteiger partial charge is 0.505 e. The van der Waals surface area contributed by atoms with Crippen LogP contribution in [-0.4, -0.2) is 15.1 Å². The zero-order valence-electron chi connectivity index (χ0n) is 13.2. The molecule has 1 fully saturated rings. The second-order valence-corrected chi connectivity index (χ2v) is 6.39. The van der Waals surface area contributed by atoms with Gasteiger partial charge in [0, 0.05) is 5.56 Å². The molecule has 0 atom stereocenters. The molecule has 3 heteroatoms. The summed E-state index contributed by atoms with van der Waals surface area (Å²) in [7, 11) is 0. The molecule has 1 saturated carbocycles. The number of hydrogen-bond acceptors (Lipinski definition) is 3. The zero-order valence-corrected chi connectivity index (χ0v) is 13.2. The van der Waals surface area contributed by atoms with Crippen LogP contribution < -0.4 is 0 Å². The molecule has 0 saturated heterocycles. The Hall–Kier alpha value is -1.90. The van der Waals surface area contributed by atoms with Crippen molar-refractivity contribution in [2.75, 3.05) is 0 Å². The number of aromatic nitrogens is 2. The molecule has 0 aliphatic heterocycles. The Balaban J connectivity index is 1.66. The topological polar surface area (TPSA) is 46.0 Å². The molecular formula is C19H24N2O. The van der Waals surface area contributed by atoms with E-state index in [-0.39, 0.29) is 5.75 Å². The minimum Gasteiger partial charge on any atom is -0.505 e. The van der Waals surface area contributed by atoms with Gasteiger partial charge < -0.3 is 5.11 Å². The van der Waals surface area contributed by atoms with Crippen LogP contribution in [0.25, 0.3) is 11.4 Å². The van der Waals surface area contributed by atoms with Gasteiger partial charge in [-0.2, -0.15) is 0 Å². The maximum absolute atomic E-state index is 9.25. The van der Waals surface area contributed by atoms with Crippen LogP contribution in [0.1, 0.15) is 56.9 Å². The highest BCUT2D eigenvalue weighted by molar-refractivity contribution is 5.55. The van der Waals surface area contributed by atoms with E-state index >= 15 is 0 Å². The summed E-state index contributed by atoms with van der Waals surface area (Å²) >= 11 is 0. The van der Waals surface area contributed by atoms with Crippen LogP contribution in [0.4, 0.5) is 0 Å². The molecular weight excluding hydrogens is 272 g/mol. The Kier molecular flexibility index (Phi) is 4.71. The van der Waals surface area contributed by atoms with Crippen LogP contribution in [0.15, 0.2) is 36.7 Å². The van der Waals surface area contributed by atoms with Crippen LogP contribution in [0.3, 0.4) is 0 Å². The fourth-order valence-corrected chi connectivity index (χ4v) is 3.57. The summed E-state index contributed by atoms with van der Waals surface area (Å²) in [6, 6.07) is 8.63. The molecule has 0 amide bonds. The van der Waals surface area contributed by atoms with Gasteiger partial charge >= 0.3 is 0 Å². The molecule has 0 bridgehead atoms. The van der Waals surface area contributed by atoms with E-state index in [0.29, 0.717) is 11.7 Å². The third kappa shape index (κ3) is 3.46. The predicted molar refractivity (Wildman–Crippen MR) is 88.7 cm³/mol. The van der Waals surface area contributed by atoms with Gasteiger partial charge in [0.15, 0.2) is 11.6 Å². The number of nitrogens with zero attached hydrogens (tertiary/aromatic N) is 2. The van der Waals surface area contributed by atoms with Gasteiger partial charge in [-0.15, -0.1) is 0 Å². The highest BCUT2D eigenvalue weighted by atomic mass is 16.3. The molecule has 2 aromatic rings. The lowest BCUT2D eigenvalue weighted by molar-refractivity contribution is 0.308. The van der Waals surface area contributed by atoms with Crippen molar-refractivity contribution >= 4 is 0 Å². The van der Waals surface area contributed by atoms with Gasteiger partial charge in [0.25, 0.3) is 0 Å². The highest BCUT2D eigenvalue weighted by Crippen LogP contribution is 2.37. The van der Waals surface area contributed by atoms with Crippen LogP contribution in [0, 0.1) is 5.92 Å². The predicted octanol–water partition coefficient (Wildman–Crippen LogP) is 4.92. The summed E-state index contributed by atoms with van der Waals surface area (Å²) in [5, 5.41) is 9.25. The fourth-order valence-electron chi connectivity index (χ4n) is 3.57. The normalized spacial score (nSPS) is 21.7. The van der Waals surface area contributed by atoms with Crippen LogP contribution >= 0.6 is 0 Å². The van der Waals surface area contributed by atoms with Gasteiger partial charge in [0.2, 0.25) is 0 Å². The van der Waals surface area contributed by atoms with Crippen LogP contribution in [0.5, 0.6) is 5.75 Å². The first kappa shape index (κ1) is 15.0. The Morgan fingerprint density at radius 1 is 1.00 bits per heavy atom. The molecule has 1 aromatic carbocycles. The van der Waals surface area contributed by atoms with Gasteiger partial charge in [-0.25, -0.2) is 9.97 Å². The minimum absolute atomic E-state index is 0.101. The minimum atomic E-state index is 0.101. The van der Waals surface area contributed by atoms with Gasteiger partial charge in [-0.05, 0) is 43.1 Å². The first-order valence-electron chi connectivity index (χ1n) is 8.37. The van der Waals surface area contributed by atoms with E-state index in [4.69, 9.17) is 0 Å². The molecule has 1 aromatic heterocycles. The van der Waals surface area contributed by atoms with E-state index in [9.17, 15) is 5.11 Å². The van der Waals surface area contributed by atoms with Crippen molar-refractivity contribution in [3.63, 3.8) is 0 Å². The van der Waals surface area contributed by atoms with Crippen molar-refractivity contribution in [2.24, 2.45) is 5.92 Å². The summed E-state index contributed by atoms with van der Waals surface area (Å²) in [6.07, 6.45) is 11.0. The molecule has 0 spiro atoms. The second-order valence-electron chi connectivity index (χ2n) is 6.39. The standard InChI is InChI=1S/C19H24N2O/c1-2-3-14-4-6-15(7-5-14)16-8-10-17(11-9-16)19-20-12-18(22)13-21-19/h8-15,22H,2-7H2,1H3. The Bertz CT molecular complexity index is 584. The molecule has 0 radical (unpaired) electrons. The van der Waals surface area contributed by atoms with Gasteiger partial charge in [-0.3, -0.25) is 0 Å². The molecule has 3 nitrogen and oxygen atoms in total. The highest BCUT2D eigenvalue weighted by Gasteiger charge is 2.21. The number of benzene rings is 1. The fraction of sp³-hybridized carbons (Fsp3) is 0.474. The monoisotopic (exact) mass is 296 g/mol. The Morgan fingerprint density at radius 2 is 1.64 bits per heavy atom. The lowest BCUT2D eigenvalue weighted by Gasteiger charge is -2.28. The molecule has 0 unspecified atom stereocenters. The molecule has 1 aliphatic rings. The summed E-state index contributed by atoms with van der Waals surface area (Å²) in [4.78, 5) is 8.32. The van der Waals surface area contributed by atoms with E-state index in [0.717, 1.165) is 11.5 Å². The SMILES string of the molecule is CCCC1CCC(c2ccc(-c3ncc(O)cn3)cc2)CC1. The van der Waals surface area contributed by atoms with E-state index in [1.165, 1.54) is 56.5 Å². The molecule has 1 aliphatic carbocycles. The first-order valence-corrected chi connectivity index (χ1v) is 8.37. The summed E-state index contributed by atoms with van der Waals surface area (Å²) in [6.45, 7) is 2.29. The molecule has 1 N–H and O–H groups in total. The Labute approximate surface area is 132 Å². The number of aromatic hydroxyl groups is 1. The van der Waals surface area contributed by atoms with Crippen molar-refractivity contribution in [1.29, 1.82) is 0 Å². The average Bonchev–Trinajstić information content (AvgIpc) is 2.57. The summed E-state index contributed by atoms with van der Waals surface area (Å²) in [5.41, 5.74) is 2.45. The Morgan fingerprint density at radius 3 is 2.23 bits per heavy atom. The van der Waals surface area contributed by atoms with E-state index in [2.05, 4.69) is 41.2 Å². The molecule has 1 heterocycles. The maximum atomic E-state index is 9.25. The molecule has 116 valence electrons. The average molecular weight is 296 g/mol. The number of hydrogen-bond donors (Lipinski definition) is 1. The first-order chi connectivity index (χ1) is 10.8. The van der Waals surface area contributed by atoms with Gasteiger partial charge in [0.05, 0.1) is 12.4 Å². The molecule has 22 heavy (non-hydrogen) atoms. The van der Waals surface area contributed by atoms with Crippen LogP contribution in [0.2, 0.25) is 0 Å². The smallest absolute Gasteiger partial charge is 0.159 e. The quantitative estimate of drug-likeness (QED) is 0.870. The van der Waals surface area contributed by atoms with Gasteiger partial charge in [0.1, 0.15) is 0 Å². The van der Waals surface area contributed by atoms with E-state index < -0.39 is 0 Å². The number of rotatable bonds is 4. The van der Waals surface area contributed by atoms with Gasteiger partial charge in [-0.1, -0.05) is 44.0 Å². The van der Waals surface area contributed by atoms with E-state index in [1.807, 2.05) is 0 Å². The lowest BCUT2D eigenvalue weighted by atomic mass is 9.77. The van der Waals surface area contributed by atoms with Crippen LogP contribution in [-0.2, 0) is 0 Å². The zero-order chi connectivity index (χ0) is 15.4. The maximum Gasteiger partial charge on any atom is 0.159 e. The van der Waals surface area contributed by atoms with Crippen molar-refractivity contribution < 1.29 is 5.11 Å². The lowest BCUT2D eigenvalue weighted by Crippen LogP contribution is -2.13. The third-order valence-electron chi connectivity index (χ3n) is 4.82. The van der Waals surface area contributed by atoms with Crippen molar-refractivity contribution in [3.8, 4) is 17.1 Å².